The van der Waals surface area contributed by atoms with E-state index in [2.05, 4.69) is 15.3 Å². The van der Waals surface area contributed by atoms with Gasteiger partial charge in [0.15, 0.2) is 0 Å². The van der Waals surface area contributed by atoms with Gasteiger partial charge in [-0.1, -0.05) is 19.1 Å². The summed E-state index contributed by atoms with van der Waals surface area (Å²) >= 11 is 0. The molecule has 1 N–H and O–H groups in total. The summed E-state index contributed by atoms with van der Waals surface area (Å²) in [5.74, 6) is -0.680. The SMILES string of the molecule is CCC(C)N(CCC(=O)NCc1cccc(C(F)(F)F)c1)C(=O)c1cnccn1. The molecular formula is C20H23F3N4O2. The van der Waals surface area contributed by atoms with Gasteiger partial charge in [0.1, 0.15) is 5.69 Å². The highest BCUT2D eigenvalue weighted by atomic mass is 19.4. The monoisotopic (exact) mass is 408 g/mol. The summed E-state index contributed by atoms with van der Waals surface area (Å²) in [6.07, 6.45) is 0.533. The molecule has 156 valence electrons. The van der Waals surface area contributed by atoms with E-state index < -0.39 is 11.7 Å². The maximum Gasteiger partial charge on any atom is 0.416 e. The third-order valence-electron chi connectivity index (χ3n) is 4.49. The normalized spacial score (nSPS) is 12.3. The van der Waals surface area contributed by atoms with Crippen LogP contribution in [0.2, 0.25) is 0 Å². The molecular weight excluding hydrogens is 385 g/mol. The second-order valence-corrected chi connectivity index (χ2v) is 6.57. The van der Waals surface area contributed by atoms with Gasteiger partial charge in [0, 0.05) is 37.9 Å². The van der Waals surface area contributed by atoms with Gasteiger partial charge in [-0.15, -0.1) is 0 Å². The molecule has 0 aliphatic rings. The van der Waals surface area contributed by atoms with E-state index in [1.807, 2.05) is 13.8 Å². The van der Waals surface area contributed by atoms with Crippen LogP contribution in [0, 0.1) is 0 Å². The van der Waals surface area contributed by atoms with Crippen molar-refractivity contribution >= 4 is 11.8 Å². The molecule has 0 saturated heterocycles. The highest BCUT2D eigenvalue weighted by Crippen LogP contribution is 2.29. The summed E-state index contributed by atoms with van der Waals surface area (Å²) in [5, 5.41) is 2.60. The third-order valence-corrected chi connectivity index (χ3v) is 4.49. The van der Waals surface area contributed by atoms with Crippen molar-refractivity contribution in [2.75, 3.05) is 6.54 Å². The number of carbonyl (C=O) groups excluding carboxylic acids is 2. The number of halogens is 3. The summed E-state index contributed by atoms with van der Waals surface area (Å²) in [5.41, 5.74) is -0.221. The average Bonchev–Trinajstić information content (AvgIpc) is 2.72. The van der Waals surface area contributed by atoms with Gasteiger partial charge >= 0.3 is 6.18 Å². The van der Waals surface area contributed by atoms with E-state index in [1.54, 1.807) is 4.90 Å². The quantitative estimate of drug-likeness (QED) is 0.726. The molecule has 0 saturated carbocycles. The molecule has 1 heterocycles. The number of alkyl halides is 3. The number of aromatic nitrogens is 2. The second-order valence-electron chi connectivity index (χ2n) is 6.57. The Morgan fingerprint density at radius 3 is 2.62 bits per heavy atom. The van der Waals surface area contributed by atoms with Crippen molar-refractivity contribution in [3.05, 3.63) is 59.7 Å². The van der Waals surface area contributed by atoms with E-state index in [0.717, 1.165) is 12.1 Å². The van der Waals surface area contributed by atoms with Crippen LogP contribution in [0.3, 0.4) is 0 Å². The number of amides is 2. The molecule has 1 unspecified atom stereocenters. The van der Waals surface area contributed by atoms with Gasteiger partial charge in [-0.25, -0.2) is 4.98 Å². The molecule has 29 heavy (non-hydrogen) atoms. The molecule has 9 heteroatoms. The minimum atomic E-state index is -4.43. The maximum absolute atomic E-state index is 12.8. The first-order valence-electron chi connectivity index (χ1n) is 9.22. The Balaban J connectivity index is 1.94. The van der Waals surface area contributed by atoms with E-state index in [9.17, 15) is 22.8 Å². The lowest BCUT2D eigenvalue weighted by molar-refractivity contribution is -0.137. The lowest BCUT2D eigenvalue weighted by atomic mass is 10.1. The summed E-state index contributed by atoms with van der Waals surface area (Å²) in [6.45, 7) is 3.94. The zero-order chi connectivity index (χ0) is 21.4. The third kappa shape index (κ3) is 6.55. The maximum atomic E-state index is 12.8. The minimum absolute atomic E-state index is 0.0231. The molecule has 2 aromatic rings. The smallest absolute Gasteiger partial charge is 0.352 e. The van der Waals surface area contributed by atoms with Crippen LogP contribution in [-0.4, -0.2) is 39.3 Å². The van der Waals surface area contributed by atoms with Crippen molar-refractivity contribution in [3.63, 3.8) is 0 Å². The first-order chi connectivity index (χ1) is 13.7. The number of hydrogen-bond donors (Lipinski definition) is 1. The molecule has 1 aromatic heterocycles. The first kappa shape index (κ1) is 22.3. The number of rotatable bonds is 8. The Labute approximate surface area is 167 Å². The standard InChI is InChI=1S/C20H23F3N4O2/c1-3-14(2)27(19(29)17-13-24-8-9-25-17)10-7-18(28)26-12-15-5-4-6-16(11-15)20(21,22)23/h4-6,8-9,11,13-14H,3,7,10,12H2,1-2H3,(H,26,28). The summed E-state index contributed by atoms with van der Waals surface area (Å²) in [7, 11) is 0. The van der Waals surface area contributed by atoms with Crippen LogP contribution in [0.1, 0.15) is 48.3 Å². The van der Waals surface area contributed by atoms with Crippen LogP contribution in [0.25, 0.3) is 0 Å². The van der Waals surface area contributed by atoms with Crippen molar-refractivity contribution < 1.29 is 22.8 Å². The van der Waals surface area contributed by atoms with Gasteiger partial charge in [0.05, 0.1) is 11.8 Å². The topological polar surface area (TPSA) is 75.2 Å². The van der Waals surface area contributed by atoms with Crippen LogP contribution in [-0.2, 0) is 17.5 Å². The summed E-state index contributed by atoms with van der Waals surface area (Å²) < 4.78 is 38.3. The molecule has 2 amide bonds. The largest absolute Gasteiger partial charge is 0.416 e. The molecule has 0 aliphatic heterocycles. The van der Waals surface area contributed by atoms with Crippen LogP contribution >= 0.6 is 0 Å². The van der Waals surface area contributed by atoms with E-state index in [1.165, 1.54) is 30.7 Å². The van der Waals surface area contributed by atoms with Crippen molar-refractivity contribution in [2.45, 2.75) is 45.5 Å². The van der Waals surface area contributed by atoms with Gasteiger partial charge in [-0.2, -0.15) is 13.2 Å². The zero-order valence-electron chi connectivity index (χ0n) is 16.2. The second kappa shape index (κ2) is 9.99. The lowest BCUT2D eigenvalue weighted by Crippen LogP contribution is -2.41. The van der Waals surface area contributed by atoms with Gasteiger partial charge in [0.2, 0.25) is 5.91 Å². The molecule has 2 rings (SSSR count). The fraction of sp³-hybridized carbons (Fsp3) is 0.400. The number of nitrogens with zero attached hydrogens (tertiary/aromatic N) is 3. The van der Waals surface area contributed by atoms with E-state index in [-0.39, 0.29) is 43.1 Å². The predicted octanol–water partition coefficient (Wildman–Crippen LogP) is 3.44. The molecule has 0 fully saturated rings. The van der Waals surface area contributed by atoms with Crippen molar-refractivity contribution in [1.82, 2.24) is 20.2 Å². The Morgan fingerprint density at radius 1 is 1.24 bits per heavy atom. The van der Waals surface area contributed by atoms with E-state index in [0.29, 0.717) is 12.0 Å². The Morgan fingerprint density at radius 2 is 2.00 bits per heavy atom. The van der Waals surface area contributed by atoms with Crippen LogP contribution in [0.5, 0.6) is 0 Å². The number of carbonyl (C=O) groups is 2. The average molecular weight is 408 g/mol. The fourth-order valence-electron chi connectivity index (χ4n) is 2.67. The highest BCUT2D eigenvalue weighted by molar-refractivity contribution is 5.92. The number of hydrogen-bond acceptors (Lipinski definition) is 4. The van der Waals surface area contributed by atoms with Gasteiger partial charge < -0.3 is 10.2 Å². The Bertz CT molecular complexity index is 828. The molecule has 0 spiro atoms. The van der Waals surface area contributed by atoms with Gasteiger partial charge in [0.25, 0.3) is 5.91 Å². The lowest BCUT2D eigenvalue weighted by Gasteiger charge is -2.28. The summed E-state index contributed by atoms with van der Waals surface area (Å²) in [4.78, 5) is 34.3. The minimum Gasteiger partial charge on any atom is -0.352 e. The number of benzene rings is 1. The molecule has 1 aromatic carbocycles. The van der Waals surface area contributed by atoms with Crippen molar-refractivity contribution in [2.24, 2.45) is 0 Å². The van der Waals surface area contributed by atoms with Crippen molar-refractivity contribution in [3.8, 4) is 0 Å². The van der Waals surface area contributed by atoms with Crippen LogP contribution in [0.15, 0.2) is 42.9 Å². The van der Waals surface area contributed by atoms with Crippen LogP contribution < -0.4 is 5.32 Å². The van der Waals surface area contributed by atoms with E-state index in [4.69, 9.17) is 0 Å². The van der Waals surface area contributed by atoms with Gasteiger partial charge in [-0.3, -0.25) is 14.6 Å². The Kier molecular flexibility index (Phi) is 7.69. The fourth-order valence-corrected chi connectivity index (χ4v) is 2.67. The molecule has 0 aliphatic carbocycles. The molecule has 1 atom stereocenters. The number of nitrogens with one attached hydrogen (secondary N) is 1. The predicted molar refractivity (Wildman–Crippen MR) is 101 cm³/mol. The zero-order valence-corrected chi connectivity index (χ0v) is 16.2. The highest BCUT2D eigenvalue weighted by Gasteiger charge is 2.30. The van der Waals surface area contributed by atoms with Gasteiger partial charge in [-0.05, 0) is 31.0 Å². The molecule has 0 radical (unpaired) electrons. The first-order valence-corrected chi connectivity index (χ1v) is 9.22. The molecule has 0 bridgehead atoms. The van der Waals surface area contributed by atoms with Crippen molar-refractivity contribution in [1.29, 1.82) is 0 Å². The summed E-state index contributed by atoms with van der Waals surface area (Å²) in [6, 6.07) is 4.69. The Hall–Kier alpha value is -2.97. The molecule has 6 nitrogen and oxygen atoms in total. The van der Waals surface area contributed by atoms with E-state index >= 15 is 0 Å². The van der Waals surface area contributed by atoms with Crippen LogP contribution in [0.4, 0.5) is 13.2 Å².